The highest BCUT2D eigenvalue weighted by Crippen LogP contribution is 2.28. The molecule has 10 heteroatoms. The number of rotatable bonds is 3. The minimum absolute atomic E-state index is 0.111. The maximum absolute atomic E-state index is 11.6. The van der Waals surface area contributed by atoms with E-state index in [0.717, 1.165) is 5.69 Å². The third-order valence-corrected chi connectivity index (χ3v) is 6.59. The van der Waals surface area contributed by atoms with Gasteiger partial charge in [0.15, 0.2) is 15.5 Å². The van der Waals surface area contributed by atoms with E-state index in [1.54, 1.807) is 29.1 Å². The van der Waals surface area contributed by atoms with Gasteiger partial charge in [-0.3, -0.25) is 0 Å². The zero-order chi connectivity index (χ0) is 17.6. The number of sulfone groups is 1. The molecule has 25 heavy (non-hydrogen) atoms. The Hall–Kier alpha value is -1.90. The number of anilines is 1. The molecule has 7 nitrogen and oxygen atoms in total. The summed E-state index contributed by atoms with van der Waals surface area (Å²) >= 11 is 12.0. The van der Waals surface area contributed by atoms with Crippen molar-refractivity contribution in [1.82, 2.24) is 19.7 Å². The highest BCUT2D eigenvalue weighted by atomic mass is 35.5. The molecule has 4 rings (SSSR count). The fourth-order valence-electron chi connectivity index (χ4n) is 2.87. The monoisotopic (exact) mass is 397 g/mol. The Morgan fingerprint density at radius 2 is 2.04 bits per heavy atom. The topological polar surface area (TPSA) is 89.8 Å². The van der Waals surface area contributed by atoms with E-state index in [4.69, 9.17) is 23.2 Å². The molecule has 3 aromatic rings. The van der Waals surface area contributed by atoms with Gasteiger partial charge in [-0.05, 0) is 24.6 Å². The molecule has 0 spiro atoms. The van der Waals surface area contributed by atoms with Gasteiger partial charge in [0.25, 0.3) is 0 Å². The van der Waals surface area contributed by atoms with Gasteiger partial charge in [-0.1, -0.05) is 23.2 Å². The largest absolute Gasteiger partial charge is 0.366 e. The summed E-state index contributed by atoms with van der Waals surface area (Å²) in [6, 6.07) is 5.03. The van der Waals surface area contributed by atoms with Gasteiger partial charge in [0.05, 0.1) is 38.8 Å². The fraction of sp³-hybridized carbons (Fsp3) is 0.267. The van der Waals surface area contributed by atoms with Gasteiger partial charge in [0.2, 0.25) is 0 Å². The maximum Gasteiger partial charge on any atom is 0.168 e. The first kappa shape index (κ1) is 16.6. The number of aromatic nitrogens is 4. The first-order valence-corrected chi connectivity index (χ1v) is 10.1. The number of benzene rings is 1. The van der Waals surface area contributed by atoms with Crippen LogP contribution in [0, 0.1) is 0 Å². The smallest absolute Gasteiger partial charge is 0.168 e. The molecule has 3 heterocycles. The molecule has 1 atom stereocenters. The van der Waals surface area contributed by atoms with Crippen molar-refractivity contribution in [2.45, 2.75) is 12.5 Å². The van der Waals surface area contributed by atoms with Crippen molar-refractivity contribution in [3.63, 3.8) is 0 Å². The number of fused-ring (bicyclic) bond motifs is 1. The summed E-state index contributed by atoms with van der Waals surface area (Å²) < 4.78 is 24.9. The van der Waals surface area contributed by atoms with Gasteiger partial charge in [-0.2, -0.15) is 5.10 Å². The van der Waals surface area contributed by atoms with Crippen molar-refractivity contribution >= 4 is 49.9 Å². The molecule has 1 aliphatic rings. The van der Waals surface area contributed by atoms with Crippen LogP contribution in [0.4, 0.5) is 5.82 Å². The van der Waals surface area contributed by atoms with Crippen LogP contribution in [-0.4, -0.2) is 45.7 Å². The van der Waals surface area contributed by atoms with Crippen LogP contribution in [0.15, 0.2) is 30.7 Å². The second-order valence-corrected chi connectivity index (χ2v) is 8.90. The minimum Gasteiger partial charge on any atom is -0.366 e. The molecule has 0 bridgehead atoms. The molecule has 0 amide bonds. The summed E-state index contributed by atoms with van der Waals surface area (Å²) in [7, 11) is -2.97. The lowest BCUT2D eigenvalue weighted by molar-refractivity contribution is 0.602. The van der Waals surface area contributed by atoms with Crippen molar-refractivity contribution < 1.29 is 8.42 Å². The number of hydrogen-bond acceptors (Lipinski definition) is 6. The van der Waals surface area contributed by atoms with Crippen LogP contribution in [0.2, 0.25) is 10.0 Å². The minimum atomic E-state index is -2.97. The van der Waals surface area contributed by atoms with Gasteiger partial charge >= 0.3 is 0 Å². The summed E-state index contributed by atoms with van der Waals surface area (Å²) in [5.74, 6) is 0.874. The van der Waals surface area contributed by atoms with E-state index in [1.807, 2.05) is 0 Å². The molecule has 1 aliphatic heterocycles. The van der Waals surface area contributed by atoms with Gasteiger partial charge < -0.3 is 5.32 Å². The van der Waals surface area contributed by atoms with Gasteiger partial charge in [-0.15, -0.1) is 0 Å². The molecule has 0 aliphatic carbocycles. The van der Waals surface area contributed by atoms with Gasteiger partial charge in [-0.25, -0.2) is 23.1 Å². The van der Waals surface area contributed by atoms with Crippen molar-refractivity contribution in [2.24, 2.45) is 0 Å². The molecule has 1 fully saturated rings. The zero-order valence-electron chi connectivity index (χ0n) is 12.9. The number of halogens is 2. The van der Waals surface area contributed by atoms with E-state index in [9.17, 15) is 8.42 Å². The molecule has 1 saturated heterocycles. The lowest BCUT2D eigenvalue weighted by Gasteiger charge is -2.12. The highest BCUT2D eigenvalue weighted by molar-refractivity contribution is 7.91. The Morgan fingerprint density at radius 1 is 1.20 bits per heavy atom. The van der Waals surface area contributed by atoms with Gasteiger partial charge in [0, 0.05) is 6.04 Å². The Morgan fingerprint density at radius 3 is 2.76 bits per heavy atom. The lowest BCUT2D eigenvalue weighted by Crippen LogP contribution is -2.21. The lowest BCUT2D eigenvalue weighted by atomic mass is 10.2. The third-order valence-electron chi connectivity index (χ3n) is 4.09. The summed E-state index contributed by atoms with van der Waals surface area (Å²) in [5, 5.41) is 9.14. The Labute approximate surface area is 153 Å². The van der Waals surface area contributed by atoms with E-state index in [1.165, 1.54) is 6.33 Å². The van der Waals surface area contributed by atoms with Crippen molar-refractivity contribution in [3.8, 4) is 5.69 Å². The molecule has 0 radical (unpaired) electrons. The van der Waals surface area contributed by atoms with Crippen molar-refractivity contribution in [1.29, 1.82) is 0 Å². The molecular weight excluding hydrogens is 385 g/mol. The van der Waals surface area contributed by atoms with E-state index in [2.05, 4.69) is 20.4 Å². The summed E-state index contributed by atoms with van der Waals surface area (Å²) in [6.45, 7) is 0. The van der Waals surface area contributed by atoms with E-state index < -0.39 is 9.84 Å². The highest BCUT2D eigenvalue weighted by Gasteiger charge is 2.28. The van der Waals surface area contributed by atoms with Crippen molar-refractivity contribution in [2.75, 3.05) is 16.8 Å². The fourth-order valence-corrected chi connectivity index (χ4v) is 4.83. The number of hydrogen-bond donors (Lipinski definition) is 1. The normalized spacial score (nSPS) is 19.4. The molecular formula is C15H13Cl2N5O2S. The Bertz CT molecular complexity index is 1070. The predicted molar refractivity (Wildman–Crippen MR) is 97.4 cm³/mol. The molecule has 130 valence electrons. The standard InChI is InChI=1S/C15H13Cl2N5O2S/c16-12-2-1-10(5-13(12)17)22-15-11(6-20-22)14(18-8-19-15)21-9-3-4-25(23,24)7-9/h1-2,5-6,8-9H,3-4,7H2,(H,18,19,21)/t9-/m1/s1. The number of nitrogens with one attached hydrogen (secondary N) is 1. The van der Waals surface area contributed by atoms with Crippen LogP contribution in [0.3, 0.4) is 0 Å². The molecule has 1 N–H and O–H groups in total. The molecule has 2 aromatic heterocycles. The van der Waals surface area contributed by atoms with Gasteiger partial charge in [0.1, 0.15) is 12.1 Å². The Balaban J connectivity index is 1.72. The average molecular weight is 398 g/mol. The van der Waals surface area contributed by atoms with Crippen LogP contribution in [-0.2, 0) is 9.84 Å². The van der Waals surface area contributed by atoms with E-state index >= 15 is 0 Å². The van der Waals surface area contributed by atoms with Crippen LogP contribution >= 0.6 is 23.2 Å². The van der Waals surface area contributed by atoms with E-state index in [0.29, 0.717) is 33.3 Å². The number of nitrogens with zero attached hydrogens (tertiary/aromatic N) is 4. The van der Waals surface area contributed by atoms with Crippen LogP contribution in [0.1, 0.15) is 6.42 Å². The van der Waals surface area contributed by atoms with Crippen molar-refractivity contribution in [3.05, 3.63) is 40.8 Å². The quantitative estimate of drug-likeness (QED) is 0.730. The molecule has 1 aromatic carbocycles. The van der Waals surface area contributed by atoms with Crippen LogP contribution in [0.25, 0.3) is 16.7 Å². The summed E-state index contributed by atoms with van der Waals surface area (Å²) in [5.41, 5.74) is 1.31. The second-order valence-electron chi connectivity index (χ2n) is 5.86. The average Bonchev–Trinajstić information content (AvgIpc) is 3.14. The Kier molecular flexibility index (Phi) is 4.05. The second kappa shape index (κ2) is 6.12. The maximum atomic E-state index is 11.6. The summed E-state index contributed by atoms with van der Waals surface area (Å²) in [4.78, 5) is 8.53. The van der Waals surface area contributed by atoms with Crippen LogP contribution in [0.5, 0.6) is 0 Å². The summed E-state index contributed by atoms with van der Waals surface area (Å²) in [6.07, 6.45) is 3.63. The molecule has 0 saturated carbocycles. The first-order chi connectivity index (χ1) is 11.9. The van der Waals surface area contributed by atoms with E-state index in [-0.39, 0.29) is 17.5 Å². The predicted octanol–water partition coefficient (Wildman–Crippen LogP) is 2.72. The molecule has 0 unspecified atom stereocenters. The SMILES string of the molecule is O=S1(=O)CC[C@@H](Nc2ncnc3c2cnn3-c2ccc(Cl)c(Cl)c2)C1. The third kappa shape index (κ3) is 3.17. The zero-order valence-corrected chi connectivity index (χ0v) is 15.2. The first-order valence-electron chi connectivity index (χ1n) is 7.54. The van der Waals surface area contributed by atoms with Crippen LogP contribution < -0.4 is 5.32 Å².